The van der Waals surface area contributed by atoms with Gasteiger partial charge in [-0.25, -0.2) is 0 Å². The second kappa shape index (κ2) is 8.23. The minimum Gasteiger partial charge on any atom is -0.480 e. The van der Waals surface area contributed by atoms with Gasteiger partial charge in [-0.05, 0) is 6.42 Å². The van der Waals surface area contributed by atoms with Crippen molar-refractivity contribution in [2.24, 2.45) is 0 Å². The van der Waals surface area contributed by atoms with E-state index in [4.69, 9.17) is 9.84 Å². The van der Waals surface area contributed by atoms with E-state index in [0.29, 0.717) is 13.2 Å². The molecule has 0 aliphatic rings. The summed E-state index contributed by atoms with van der Waals surface area (Å²) in [6.07, 6.45) is 0.243. The number of carboxylic acids is 1. The molecule has 0 spiro atoms. The summed E-state index contributed by atoms with van der Waals surface area (Å²) in [5.74, 6) is -1.84. The minimum absolute atomic E-state index is 0.243. The Morgan fingerprint density at radius 3 is 2.56 bits per heavy atom. The average Bonchev–Trinajstić information content (AvgIpc) is 2.18. The molecule has 2 atom stereocenters. The van der Waals surface area contributed by atoms with Crippen LogP contribution < -0.4 is 5.32 Å². The molecule has 0 saturated heterocycles. The maximum absolute atomic E-state index is 11.5. The van der Waals surface area contributed by atoms with Crippen LogP contribution in [-0.2, 0) is 25.1 Å². The lowest BCUT2D eigenvalue weighted by Crippen LogP contribution is -2.35. The van der Waals surface area contributed by atoms with E-state index in [-0.39, 0.29) is 12.2 Å². The molecule has 0 bridgehead atoms. The van der Waals surface area contributed by atoms with Crippen molar-refractivity contribution in [2.75, 3.05) is 26.0 Å². The smallest absolute Gasteiger partial charge is 0.319 e. The van der Waals surface area contributed by atoms with Crippen LogP contribution in [0, 0.1) is 0 Å². The van der Waals surface area contributed by atoms with Gasteiger partial charge in [0, 0.05) is 24.5 Å². The number of amides is 1. The predicted octanol–water partition coefficient (Wildman–Crippen LogP) is -0.639. The Balaban J connectivity index is 4.02. The molecule has 0 saturated carbocycles. The molecule has 0 heterocycles. The Morgan fingerprint density at radius 1 is 1.50 bits per heavy atom. The van der Waals surface area contributed by atoms with E-state index in [2.05, 4.69) is 5.32 Å². The van der Waals surface area contributed by atoms with Gasteiger partial charge in [-0.15, -0.1) is 0 Å². The Hall–Kier alpha value is -0.950. The summed E-state index contributed by atoms with van der Waals surface area (Å²) in [5, 5.41) is 10.2. The maximum atomic E-state index is 11.5. The van der Waals surface area contributed by atoms with Crippen LogP contribution in [0.4, 0.5) is 0 Å². The van der Waals surface area contributed by atoms with Gasteiger partial charge in [0.25, 0.3) is 0 Å². The van der Waals surface area contributed by atoms with Gasteiger partial charge in [0.15, 0.2) is 0 Å². The number of hydrogen-bond donors (Lipinski definition) is 2. The Bertz CT molecular complexity index is 269. The first-order valence-electron chi connectivity index (χ1n) is 4.88. The largest absolute Gasteiger partial charge is 0.480 e. The van der Waals surface area contributed by atoms with E-state index >= 15 is 0 Å². The van der Waals surface area contributed by atoms with E-state index in [0.717, 1.165) is 0 Å². The predicted molar refractivity (Wildman–Crippen MR) is 59.6 cm³/mol. The highest BCUT2D eigenvalue weighted by Gasteiger charge is 2.24. The first-order valence-corrected chi connectivity index (χ1v) is 6.26. The standard InChI is InChI=1S/C9H17NO5S/c1-3-7(9(12)13)16(14)6-8(11)10-4-5-15-2/h7H,3-6H2,1-2H3,(H,10,11)(H,12,13). The highest BCUT2D eigenvalue weighted by molar-refractivity contribution is 7.87. The normalized spacial score (nSPS) is 14.1. The molecule has 2 N–H and O–H groups in total. The molecule has 7 heteroatoms. The lowest BCUT2D eigenvalue weighted by molar-refractivity contribution is -0.136. The molecule has 0 aromatic heterocycles. The van der Waals surface area contributed by atoms with Crippen molar-refractivity contribution >= 4 is 22.7 Å². The Labute approximate surface area is 96.8 Å². The van der Waals surface area contributed by atoms with E-state index in [1.54, 1.807) is 6.92 Å². The highest BCUT2D eigenvalue weighted by atomic mass is 32.2. The van der Waals surface area contributed by atoms with E-state index < -0.39 is 27.9 Å². The lowest BCUT2D eigenvalue weighted by atomic mass is 10.3. The summed E-state index contributed by atoms with van der Waals surface area (Å²) in [6.45, 7) is 2.32. The molecule has 0 aliphatic heterocycles. The van der Waals surface area contributed by atoms with Crippen LogP contribution >= 0.6 is 0 Å². The number of methoxy groups -OCH3 is 1. The number of ether oxygens (including phenoxy) is 1. The monoisotopic (exact) mass is 251 g/mol. The van der Waals surface area contributed by atoms with Crippen LogP contribution in [0.15, 0.2) is 0 Å². The van der Waals surface area contributed by atoms with Crippen molar-refractivity contribution < 1.29 is 23.6 Å². The summed E-state index contributed by atoms with van der Waals surface area (Å²) in [6, 6.07) is 0. The molecule has 2 unspecified atom stereocenters. The number of aliphatic carboxylic acids is 1. The Morgan fingerprint density at radius 2 is 2.12 bits per heavy atom. The summed E-state index contributed by atoms with van der Waals surface area (Å²) in [7, 11) is -0.174. The van der Waals surface area contributed by atoms with Crippen molar-refractivity contribution in [3.05, 3.63) is 0 Å². The number of carboxylic acid groups (broad SMARTS) is 1. The van der Waals surface area contributed by atoms with Crippen LogP contribution in [0.3, 0.4) is 0 Å². The number of rotatable bonds is 8. The number of carbonyl (C=O) groups excluding carboxylic acids is 1. The summed E-state index contributed by atoms with van der Waals surface area (Å²) < 4.78 is 16.2. The van der Waals surface area contributed by atoms with Crippen LogP contribution in [0.2, 0.25) is 0 Å². The second-order valence-electron chi connectivity index (χ2n) is 3.10. The molecule has 0 aromatic rings. The third kappa shape index (κ3) is 5.82. The van der Waals surface area contributed by atoms with E-state index in [9.17, 15) is 13.8 Å². The van der Waals surface area contributed by atoms with Gasteiger partial charge in [-0.3, -0.25) is 13.8 Å². The molecule has 0 aromatic carbocycles. The molecule has 6 nitrogen and oxygen atoms in total. The number of nitrogens with one attached hydrogen (secondary N) is 1. The SMILES string of the molecule is CCC(C(=O)O)S(=O)CC(=O)NCCOC. The Kier molecular flexibility index (Phi) is 7.74. The fourth-order valence-electron chi connectivity index (χ4n) is 1.05. The van der Waals surface area contributed by atoms with Crippen molar-refractivity contribution in [3.8, 4) is 0 Å². The zero-order valence-electron chi connectivity index (χ0n) is 9.39. The van der Waals surface area contributed by atoms with Crippen molar-refractivity contribution in [1.29, 1.82) is 0 Å². The van der Waals surface area contributed by atoms with E-state index in [1.807, 2.05) is 0 Å². The first-order chi connectivity index (χ1) is 7.52. The van der Waals surface area contributed by atoms with Gasteiger partial charge < -0.3 is 15.2 Å². The summed E-state index contributed by atoms with van der Waals surface area (Å²) >= 11 is 0. The summed E-state index contributed by atoms with van der Waals surface area (Å²) in [5.41, 5.74) is 0. The second-order valence-corrected chi connectivity index (χ2v) is 4.72. The van der Waals surface area contributed by atoms with Gasteiger partial charge in [0.05, 0.1) is 6.61 Å². The van der Waals surface area contributed by atoms with Crippen LogP contribution in [0.1, 0.15) is 13.3 Å². The minimum atomic E-state index is -1.68. The molecule has 0 fully saturated rings. The zero-order chi connectivity index (χ0) is 12.6. The quantitative estimate of drug-likeness (QED) is 0.560. The molecule has 94 valence electrons. The topological polar surface area (TPSA) is 92.7 Å². The van der Waals surface area contributed by atoms with Crippen LogP contribution in [0.5, 0.6) is 0 Å². The zero-order valence-corrected chi connectivity index (χ0v) is 10.2. The summed E-state index contributed by atoms with van der Waals surface area (Å²) in [4.78, 5) is 21.9. The van der Waals surface area contributed by atoms with Gasteiger partial charge in [0.2, 0.25) is 5.91 Å². The van der Waals surface area contributed by atoms with Gasteiger partial charge >= 0.3 is 5.97 Å². The molecular weight excluding hydrogens is 234 g/mol. The number of carbonyl (C=O) groups is 2. The molecule has 1 amide bonds. The fraction of sp³-hybridized carbons (Fsp3) is 0.778. The van der Waals surface area contributed by atoms with Crippen LogP contribution in [0.25, 0.3) is 0 Å². The molecule has 0 rings (SSSR count). The maximum Gasteiger partial charge on any atom is 0.319 e. The number of hydrogen-bond acceptors (Lipinski definition) is 4. The van der Waals surface area contributed by atoms with Gasteiger partial charge in [0.1, 0.15) is 11.0 Å². The fourth-order valence-corrected chi connectivity index (χ4v) is 2.20. The third-order valence-corrected chi connectivity index (χ3v) is 3.58. The van der Waals surface area contributed by atoms with Crippen LogP contribution in [-0.4, -0.2) is 52.5 Å². The van der Waals surface area contributed by atoms with E-state index in [1.165, 1.54) is 7.11 Å². The molecule has 0 aliphatic carbocycles. The lowest BCUT2D eigenvalue weighted by Gasteiger charge is -2.09. The van der Waals surface area contributed by atoms with Crippen molar-refractivity contribution in [2.45, 2.75) is 18.6 Å². The first kappa shape index (κ1) is 15.0. The molecule has 16 heavy (non-hydrogen) atoms. The third-order valence-electron chi connectivity index (χ3n) is 1.87. The molecule has 0 radical (unpaired) electrons. The highest BCUT2D eigenvalue weighted by Crippen LogP contribution is 2.02. The van der Waals surface area contributed by atoms with Crippen molar-refractivity contribution in [1.82, 2.24) is 5.32 Å². The average molecular weight is 251 g/mol. The van der Waals surface area contributed by atoms with Crippen molar-refractivity contribution in [3.63, 3.8) is 0 Å². The molecular formula is C9H17NO5S. The van der Waals surface area contributed by atoms with Gasteiger partial charge in [-0.2, -0.15) is 0 Å². The van der Waals surface area contributed by atoms with Gasteiger partial charge in [-0.1, -0.05) is 6.92 Å².